The van der Waals surface area contributed by atoms with Crippen LogP contribution in [0.15, 0.2) is 48.5 Å². The topological polar surface area (TPSA) is 50.4 Å². The van der Waals surface area contributed by atoms with Crippen LogP contribution >= 0.6 is 11.6 Å². The van der Waals surface area contributed by atoms with Gasteiger partial charge in [-0.1, -0.05) is 31.4 Å². The Balaban J connectivity index is 1.80. The summed E-state index contributed by atoms with van der Waals surface area (Å²) >= 11 is 5.81. The van der Waals surface area contributed by atoms with Gasteiger partial charge in [0.05, 0.1) is 6.61 Å². The van der Waals surface area contributed by atoms with Crippen LogP contribution in [0.25, 0.3) is 0 Å². The molecule has 2 rings (SSSR count). The van der Waals surface area contributed by atoms with E-state index >= 15 is 0 Å². The summed E-state index contributed by atoms with van der Waals surface area (Å²) < 4.78 is 5.63. The average molecular weight is 333 g/mol. The quantitative estimate of drug-likeness (QED) is 0.653. The van der Waals surface area contributed by atoms with Crippen LogP contribution in [0.3, 0.4) is 0 Å². The standard InChI is InChI=1S/C18H21ClN2O2/c1-2-3-4-13-23-17-11-9-16(10-12-17)21-18(22)20-15-7-5-14(19)6-8-15/h5-12H,2-4,13H2,1H3,(H2,20,21,22). The number of carbonyl (C=O) groups excluding carboxylic acids is 1. The summed E-state index contributed by atoms with van der Waals surface area (Å²) in [6.07, 6.45) is 3.40. The van der Waals surface area contributed by atoms with E-state index in [-0.39, 0.29) is 6.03 Å². The normalized spacial score (nSPS) is 10.2. The van der Waals surface area contributed by atoms with Gasteiger partial charge in [0.15, 0.2) is 0 Å². The molecule has 0 radical (unpaired) electrons. The molecular formula is C18H21ClN2O2. The minimum atomic E-state index is -0.302. The van der Waals surface area contributed by atoms with Gasteiger partial charge in [0, 0.05) is 16.4 Å². The van der Waals surface area contributed by atoms with Crippen LogP contribution in [0.2, 0.25) is 5.02 Å². The third-order valence-corrected chi connectivity index (χ3v) is 3.48. The van der Waals surface area contributed by atoms with Crippen LogP contribution in [0.1, 0.15) is 26.2 Å². The van der Waals surface area contributed by atoms with Crippen molar-refractivity contribution in [3.05, 3.63) is 53.6 Å². The van der Waals surface area contributed by atoms with Crippen molar-refractivity contribution in [1.82, 2.24) is 0 Å². The molecule has 0 aliphatic heterocycles. The summed E-state index contributed by atoms with van der Waals surface area (Å²) in [6.45, 7) is 2.88. The number of anilines is 2. The number of nitrogens with one attached hydrogen (secondary N) is 2. The number of hydrogen-bond acceptors (Lipinski definition) is 2. The molecule has 0 fully saturated rings. The van der Waals surface area contributed by atoms with Gasteiger partial charge in [-0.05, 0) is 55.0 Å². The van der Waals surface area contributed by atoms with Crippen LogP contribution in [0, 0.1) is 0 Å². The van der Waals surface area contributed by atoms with E-state index in [1.807, 2.05) is 24.3 Å². The molecule has 0 saturated carbocycles. The van der Waals surface area contributed by atoms with Crippen LogP contribution in [-0.4, -0.2) is 12.6 Å². The van der Waals surface area contributed by atoms with E-state index in [9.17, 15) is 4.79 Å². The van der Waals surface area contributed by atoms with Gasteiger partial charge < -0.3 is 15.4 Å². The first-order chi connectivity index (χ1) is 11.2. The zero-order valence-corrected chi connectivity index (χ0v) is 13.9. The molecule has 0 saturated heterocycles. The highest BCUT2D eigenvalue weighted by atomic mass is 35.5. The van der Waals surface area contributed by atoms with Crippen molar-refractivity contribution in [2.75, 3.05) is 17.2 Å². The van der Waals surface area contributed by atoms with Gasteiger partial charge in [-0.25, -0.2) is 4.79 Å². The molecule has 23 heavy (non-hydrogen) atoms. The second-order valence-corrected chi connectivity index (χ2v) is 5.60. The van der Waals surface area contributed by atoms with Crippen molar-refractivity contribution >= 4 is 29.0 Å². The number of urea groups is 1. The second kappa shape index (κ2) is 9.06. The number of ether oxygens (including phenoxy) is 1. The Bertz CT molecular complexity index is 612. The first-order valence-electron chi connectivity index (χ1n) is 7.74. The predicted molar refractivity (Wildman–Crippen MR) is 95.6 cm³/mol. The lowest BCUT2D eigenvalue weighted by Crippen LogP contribution is -2.19. The largest absolute Gasteiger partial charge is 0.494 e. The minimum Gasteiger partial charge on any atom is -0.494 e. The number of carbonyl (C=O) groups is 1. The first kappa shape index (κ1) is 17.2. The summed E-state index contributed by atoms with van der Waals surface area (Å²) in [5.41, 5.74) is 1.39. The summed E-state index contributed by atoms with van der Waals surface area (Å²) in [5.74, 6) is 0.810. The SMILES string of the molecule is CCCCCOc1ccc(NC(=O)Nc2ccc(Cl)cc2)cc1. The van der Waals surface area contributed by atoms with Gasteiger partial charge in [-0.15, -0.1) is 0 Å². The fourth-order valence-corrected chi connectivity index (χ4v) is 2.13. The lowest BCUT2D eigenvalue weighted by Gasteiger charge is -2.09. The highest BCUT2D eigenvalue weighted by Crippen LogP contribution is 2.17. The van der Waals surface area contributed by atoms with E-state index in [1.165, 1.54) is 12.8 Å². The summed E-state index contributed by atoms with van der Waals surface area (Å²) in [4.78, 5) is 11.9. The fourth-order valence-electron chi connectivity index (χ4n) is 2.00. The Labute approximate surface area is 141 Å². The number of benzene rings is 2. The molecule has 0 spiro atoms. The van der Waals surface area contributed by atoms with Crippen molar-refractivity contribution in [3.63, 3.8) is 0 Å². The molecule has 4 nitrogen and oxygen atoms in total. The molecule has 2 N–H and O–H groups in total. The zero-order chi connectivity index (χ0) is 16.5. The van der Waals surface area contributed by atoms with Crippen LogP contribution in [-0.2, 0) is 0 Å². The van der Waals surface area contributed by atoms with E-state index in [0.29, 0.717) is 16.4 Å². The van der Waals surface area contributed by atoms with Gasteiger partial charge in [0.25, 0.3) is 0 Å². The van der Waals surface area contributed by atoms with Crippen molar-refractivity contribution in [2.24, 2.45) is 0 Å². The van der Waals surface area contributed by atoms with Crippen molar-refractivity contribution in [2.45, 2.75) is 26.2 Å². The van der Waals surface area contributed by atoms with Gasteiger partial charge in [0.1, 0.15) is 5.75 Å². The third-order valence-electron chi connectivity index (χ3n) is 3.23. The van der Waals surface area contributed by atoms with E-state index < -0.39 is 0 Å². The summed E-state index contributed by atoms with van der Waals surface area (Å²) in [7, 11) is 0. The van der Waals surface area contributed by atoms with Crippen LogP contribution < -0.4 is 15.4 Å². The fraction of sp³-hybridized carbons (Fsp3) is 0.278. The lowest BCUT2D eigenvalue weighted by atomic mass is 10.2. The highest BCUT2D eigenvalue weighted by Gasteiger charge is 2.03. The van der Waals surface area contributed by atoms with Crippen LogP contribution in [0.5, 0.6) is 5.75 Å². The Morgan fingerprint density at radius 1 is 0.957 bits per heavy atom. The van der Waals surface area contributed by atoms with E-state index in [1.54, 1.807) is 24.3 Å². The summed E-state index contributed by atoms with van der Waals surface area (Å²) in [6, 6.07) is 14.0. The molecule has 0 bridgehead atoms. The molecule has 0 heterocycles. The molecule has 0 aliphatic rings. The van der Waals surface area contributed by atoms with E-state index in [0.717, 1.165) is 18.8 Å². The predicted octanol–water partition coefficient (Wildman–Crippen LogP) is 5.55. The molecule has 2 amide bonds. The number of rotatable bonds is 7. The smallest absolute Gasteiger partial charge is 0.323 e. The average Bonchev–Trinajstić information content (AvgIpc) is 2.55. The minimum absolute atomic E-state index is 0.302. The molecule has 2 aromatic carbocycles. The number of halogens is 1. The Morgan fingerprint density at radius 3 is 2.09 bits per heavy atom. The maximum Gasteiger partial charge on any atom is 0.323 e. The van der Waals surface area contributed by atoms with E-state index in [2.05, 4.69) is 17.6 Å². The summed E-state index contributed by atoms with van der Waals surface area (Å²) in [5, 5.41) is 6.14. The number of amides is 2. The molecule has 2 aromatic rings. The molecule has 5 heteroatoms. The maximum atomic E-state index is 11.9. The van der Waals surface area contributed by atoms with E-state index in [4.69, 9.17) is 16.3 Å². The second-order valence-electron chi connectivity index (χ2n) is 5.17. The number of unbranched alkanes of at least 4 members (excludes halogenated alkanes) is 2. The van der Waals surface area contributed by atoms with Crippen molar-refractivity contribution in [1.29, 1.82) is 0 Å². The molecule has 0 aromatic heterocycles. The van der Waals surface area contributed by atoms with Crippen molar-refractivity contribution in [3.8, 4) is 5.75 Å². The molecule has 0 unspecified atom stereocenters. The molecule has 0 aliphatic carbocycles. The monoisotopic (exact) mass is 332 g/mol. The van der Waals surface area contributed by atoms with Gasteiger partial charge in [-0.2, -0.15) is 0 Å². The highest BCUT2D eigenvalue weighted by molar-refractivity contribution is 6.30. The molecular weight excluding hydrogens is 312 g/mol. The lowest BCUT2D eigenvalue weighted by molar-refractivity contribution is 0.262. The first-order valence-corrected chi connectivity index (χ1v) is 8.11. The zero-order valence-electron chi connectivity index (χ0n) is 13.1. The Hall–Kier alpha value is -2.20. The maximum absolute atomic E-state index is 11.9. The molecule has 0 atom stereocenters. The van der Waals surface area contributed by atoms with Gasteiger partial charge in [0.2, 0.25) is 0 Å². The Kier molecular flexibility index (Phi) is 6.76. The van der Waals surface area contributed by atoms with Crippen molar-refractivity contribution < 1.29 is 9.53 Å². The Morgan fingerprint density at radius 2 is 1.52 bits per heavy atom. The van der Waals surface area contributed by atoms with Crippen LogP contribution in [0.4, 0.5) is 16.2 Å². The number of hydrogen-bond donors (Lipinski definition) is 2. The third kappa shape index (κ3) is 6.20. The van der Waals surface area contributed by atoms with Gasteiger partial charge >= 0.3 is 6.03 Å². The van der Waals surface area contributed by atoms with Gasteiger partial charge in [-0.3, -0.25) is 0 Å². The molecule has 122 valence electrons.